The molecule has 0 bridgehead atoms. The van der Waals surface area contributed by atoms with Crippen LogP contribution >= 0.6 is 0 Å². The number of aliphatic hydroxyl groups is 1. The van der Waals surface area contributed by atoms with Gasteiger partial charge < -0.3 is 15.2 Å². The van der Waals surface area contributed by atoms with Crippen molar-refractivity contribution in [3.63, 3.8) is 0 Å². The summed E-state index contributed by atoms with van der Waals surface area (Å²) in [7, 11) is 0. The summed E-state index contributed by atoms with van der Waals surface area (Å²) in [5.74, 6) is 0. The van der Waals surface area contributed by atoms with Crippen LogP contribution in [0.1, 0.15) is 65.2 Å². The number of nitrogens with one attached hydrogen (secondary N) is 1. The lowest BCUT2D eigenvalue weighted by molar-refractivity contribution is -0.00720. The van der Waals surface area contributed by atoms with Crippen LogP contribution in [0.2, 0.25) is 0 Å². The Labute approximate surface area is 118 Å². The van der Waals surface area contributed by atoms with Gasteiger partial charge in [-0.3, -0.25) is 0 Å². The summed E-state index contributed by atoms with van der Waals surface area (Å²) in [6, 6.07) is 0.574. The van der Waals surface area contributed by atoms with Crippen LogP contribution in [0.25, 0.3) is 0 Å². The summed E-state index contributed by atoms with van der Waals surface area (Å²) in [6.07, 6.45) is 10.1. The maximum atomic E-state index is 9.98. The van der Waals surface area contributed by atoms with Crippen LogP contribution in [0.5, 0.6) is 0 Å². The van der Waals surface area contributed by atoms with E-state index in [4.69, 9.17) is 4.74 Å². The third-order valence-electron chi connectivity index (χ3n) is 4.67. The molecule has 0 heterocycles. The van der Waals surface area contributed by atoms with Gasteiger partial charge in [-0.15, -0.1) is 0 Å². The van der Waals surface area contributed by atoms with Gasteiger partial charge in [0.05, 0.1) is 18.8 Å². The highest BCUT2D eigenvalue weighted by molar-refractivity contribution is 4.83. The smallest absolute Gasteiger partial charge is 0.0897 e. The predicted octanol–water partition coefficient (Wildman–Crippen LogP) is 2.86. The van der Waals surface area contributed by atoms with Crippen molar-refractivity contribution in [2.45, 2.75) is 83.5 Å². The van der Waals surface area contributed by atoms with E-state index in [1.54, 1.807) is 0 Å². The first kappa shape index (κ1) is 15.3. The van der Waals surface area contributed by atoms with Crippen LogP contribution < -0.4 is 5.32 Å². The van der Waals surface area contributed by atoms with E-state index >= 15 is 0 Å². The average Bonchev–Trinajstić information content (AvgIpc) is 2.86. The molecule has 2 unspecified atom stereocenters. The zero-order valence-electron chi connectivity index (χ0n) is 12.7. The van der Waals surface area contributed by atoms with Crippen molar-refractivity contribution in [3.8, 4) is 0 Å². The lowest BCUT2D eigenvalue weighted by Gasteiger charge is -2.36. The molecule has 0 spiro atoms. The molecule has 112 valence electrons. The van der Waals surface area contributed by atoms with Gasteiger partial charge >= 0.3 is 0 Å². The highest BCUT2D eigenvalue weighted by atomic mass is 16.5. The summed E-state index contributed by atoms with van der Waals surface area (Å²) in [6.45, 7) is 5.86. The standard InChI is InChI=1S/C16H31NO2/c1-16(2)9-5-6-13(10-16)17-11-14(18)12-19-15-7-3-4-8-15/h13-15,17-18H,3-12H2,1-2H3. The van der Waals surface area contributed by atoms with Crippen molar-refractivity contribution >= 4 is 0 Å². The molecule has 2 fully saturated rings. The largest absolute Gasteiger partial charge is 0.389 e. The molecule has 2 rings (SSSR count). The molecular formula is C16H31NO2. The molecule has 2 aliphatic carbocycles. The van der Waals surface area contributed by atoms with E-state index in [0.29, 0.717) is 30.7 Å². The Kier molecular flexibility index (Phi) is 5.67. The zero-order chi connectivity index (χ0) is 13.7. The van der Waals surface area contributed by atoms with Crippen molar-refractivity contribution in [2.24, 2.45) is 5.41 Å². The third-order valence-corrected chi connectivity index (χ3v) is 4.67. The molecule has 0 aromatic carbocycles. The average molecular weight is 269 g/mol. The normalized spacial score (nSPS) is 29.5. The van der Waals surface area contributed by atoms with E-state index in [2.05, 4.69) is 19.2 Å². The van der Waals surface area contributed by atoms with Crippen LogP contribution in [-0.4, -0.2) is 36.5 Å². The lowest BCUT2D eigenvalue weighted by atomic mass is 9.75. The first-order chi connectivity index (χ1) is 9.05. The van der Waals surface area contributed by atoms with Gasteiger partial charge in [0.2, 0.25) is 0 Å². The summed E-state index contributed by atoms with van der Waals surface area (Å²) < 4.78 is 5.76. The molecule has 3 heteroatoms. The minimum Gasteiger partial charge on any atom is -0.389 e. The van der Waals surface area contributed by atoms with Gasteiger partial charge in [0.25, 0.3) is 0 Å². The number of hydrogen-bond donors (Lipinski definition) is 2. The van der Waals surface area contributed by atoms with Gasteiger partial charge in [0, 0.05) is 12.6 Å². The first-order valence-corrected chi connectivity index (χ1v) is 8.08. The Morgan fingerprint density at radius 3 is 2.63 bits per heavy atom. The minimum atomic E-state index is -0.356. The summed E-state index contributed by atoms with van der Waals surface area (Å²) in [5, 5.41) is 13.5. The molecule has 2 saturated carbocycles. The second-order valence-corrected chi connectivity index (χ2v) is 7.26. The fourth-order valence-electron chi connectivity index (χ4n) is 3.54. The SMILES string of the molecule is CC1(C)CCCC(NCC(O)COC2CCCC2)C1. The monoisotopic (exact) mass is 269 g/mol. The Morgan fingerprint density at radius 1 is 1.21 bits per heavy atom. The van der Waals surface area contributed by atoms with Crippen molar-refractivity contribution < 1.29 is 9.84 Å². The minimum absolute atomic E-state index is 0.356. The van der Waals surface area contributed by atoms with Crippen molar-refractivity contribution in [1.82, 2.24) is 5.32 Å². The summed E-state index contributed by atoms with van der Waals surface area (Å²) >= 11 is 0. The van der Waals surface area contributed by atoms with E-state index in [1.165, 1.54) is 51.4 Å². The third kappa shape index (κ3) is 5.41. The topological polar surface area (TPSA) is 41.5 Å². The van der Waals surface area contributed by atoms with Gasteiger partial charge in [-0.25, -0.2) is 0 Å². The van der Waals surface area contributed by atoms with Crippen LogP contribution in [-0.2, 0) is 4.74 Å². The molecule has 2 N–H and O–H groups in total. The van der Waals surface area contributed by atoms with E-state index in [0.717, 1.165) is 0 Å². The zero-order valence-corrected chi connectivity index (χ0v) is 12.7. The van der Waals surface area contributed by atoms with Crippen LogP contribution in [0.4, 0.5) is 0 Å². The van der Waals surface area contributed by atoms with Crippen molar-refractivity contribution in [2.75, 3.05) is 13.2 Å². The van der Waals surface area contributed by atoms with Gasteiger partial charge in [-0.2, -0.15) is 0 Å². The van der Waals surface area contributed by atoms with Gasteiger partial charge in [0.15, 0.2) is 0 Å². The predicted molar refractivity (Wildman–Crippen MR) is 78.3 cm³/mol. The lowest BCUT2D eigenvalue weighted by Crippen LogP contribution is -2.42. The number of rotatable bonds is 6. The van der Waals surface area contributed by atoms with E-state index in [-0.39, 0.29) is 6.10 Å². The Bertz CT molecular complexity index is 261. The Morgan fingerprint density at radius 2 is 1.95 bits per heavy atom. The molecular weight excluding hydrogens is 238 g/mol. The van der Waals surface area contributed by atoms with Gasteiger partial charge in [-0.1, -0.05) is 33.1 Å². The first-order valence-electron chi connectivity index (χ1n) is 8.08. The van der Waals surface area contributed by atoms with Crippen LogP contribution in [0.3, 0.4) is 0 Å². The highest BCUT2D eigenvalue weighted by Crippen LogP contribution is 2.35. The van der Waals surface area contributed by atoms with Crippen LogP contribution in [0.15, 0.2) is 0 Å². The molecule has 0 aliphatic heterocycles. The highest BCUT2D eigenvalue weighted by Gasteiger charge is 2.27. The molecule has 0 amide bonds. The molecule has 0 aromatic rings. The molecule has 2 atom stereocenters. The van der Waals surface area contributed by atoms with Crippen LogP contribution in [0, 0.1) is 5.41 Å². The van der Waals surface area contributed by atoms with E-state index in [9.17, 15) is 5.11 Å². The molecule has 2 aliphatic rings. The van der Waals surface area contributed by atoms with E-state index < -0.39 is 0 Å². The fourth-order valence-corrected chi connectivity index (χ4v) is 3.54. The number of aliphatic hydroxyl groups excluding tert-OH is 1. The Balaban J connectivity index is 1.58. The van der Waals surface area contributed by atoms with Crippen molar-refractivity contribution in [1.29, 1.82) is 0 Å². The summed E-state index contributed by atoms with van der Waals surface area (Å²) in [4.78, 5) is 0. The number of ether oxygens (including phenoxy) is 1. The molecule has 0 saturated heterocycles. The molecule has 19 heavy (non-hydrogen) atoms. The van der Waals surface area contributed by atoms with Gasteiger partial charge in [0.1, 0.15) is 0 Å². The molecule has 0 aromatic heterocycles. The molecule has 3 nitrogen and oxygen atoms in total. The second-order valence-electron chi connectivity index (χ2n) is 7.26. The number of hydrogen-bond acceptors (Lipinski definition) is 3. The maximum absolute atomic E-state index is 9.98. The Hall–Kier alpha value is -0.120. The summed E-state index contributed by atoms with van der Waals surface area (Å²) in [5.41, 5.74) is 0.460. The van der Waals surface area contributed by atoms with E-state index in [1.807, 2.05) is 0 Å². The second kappa shape index (κ2) is 7.05. The van der Waals surface area contributed by atoms with Crippen molar-refractivity contribution in [3.05, 3.63) is 0 Å². The molecule has 0 radical (unpaired) electrons. The maximum Gasteiger partial charge on any atom is 0.0897 e. The fraction of sp³-hybridized carbons (Fsp3) is 1.00. The van der Waals surface area contributed by atoms with Gasteiger partial charge in [-0.05, 0) is 37.5 Å². The quantitative estimate of drug-likeness (QED) is 0.779.